The van der Waals surface area contributed by atoms with E-state index in [1.54, 1.807) is 25.4 Å². The molecule has 1 aliphatic rings. The molecule has 7 heteroatoms. The van der Waals surface area contributed by atoms with Gasteiger partial charge in [-0.15, -0.1) is 0 Å². The van der Waals surface area contributed by atoms with Crippen LogP contribution in [0, 0.1) is 17.2 Å². The van der Waals surface area contributed by atoms with Crippen LogP contribution in [0.2, 0.25) is 0 Å². The van der Waals surface area contributed by atoms with Gasteiger partial charge < -0.3 is 14.8 Å². The molecule has 0 radical (unpaired) electrons. The molecule has 1 N–H and O–H groups in total. The predicted octanol–water partition coefficient (Wildman–Crippen LogP) is 2.50. The Morgan fingerprint density at radius 1 is 1.34 bits per heavy atom. The Labute approximate surface area is 171 Å². The molecular weight excluding hydrogens is 368 g/mol. The Morgan fingerprint density at radius 3 is 2.76 bits per heavy atom. The van der Waals surface area contributed by atoms with Crippen LogP contribution in [0.1, 0.15) is 30.7 Å². The van der Waals surface area contributed by atoms with Gasteiger partial charge in [-0.25, -0.2) is 0 Å². The van der Waals surface area contributed by atoms with Crippen LogP contribution >= 0.6 is 0 Å². The van der Waals surface area contributed by atoms with Crippen molar-refractivity contribution in [2.24, 2.45) is 5.92 Å². The minimum absolute atomic E-state index is 0.0136. The number of carbonyl (C=O) groups is 1. The monoisotopic (exact) mass is 394 g/mol. The van der Waals surface area contributed by atoms with Crippen LogP contribution in [0.3, 0.4) is 0 Å². The summed E-state index contributed by atoms with van der Waals surface area (Å²) in [5, 5.41) is 12.0. The highest BCUT2D eigenvalue weighted by atomic mass is 16.5. The zero-order chi connectivity index (χ0) is 20.8. The lowest BCUT2D eigenvalue weighted by molar-refractivity contribution is -0.129. The number of hydrogen-bond acceptors (Lipinski definition) is 6. The normalized spacial score (nSPS) is 14.2. The molecule has 1 saturated heterocycles. The molecule has 1 aromatic heterocycles. The lowest BCUT2D eigenvalue weighted by Crippen LogP contribution is -2.52. The zero-order valence-electron chi connectivity index (χ0n) is 17.0. The Kier molecular flexibility index (Phi) is 6.68. The van der Waals surface area contributed by atoms with Gasteiger partial charge in [0.2, 0.25) is 5.91 Å². The molecule has 0 bridgehead atoms. The van der Waals surface area contributed by atoms with Crippen LogP contribution in [0.25, 0.3) is 0 Å². The van der Waals surface area contributed by atoms with Crippen molar-refractivity contribution in [3.05, 3.63) is 53.3 Å². The van der Waals surface area contributed by atoms with E-state index in [-0.39, 0.29) is 17.9 Å². The molecule has 1 amide bonds. The Balaban J connectivity index is 1.50. The third-order valence-electron chi connectivity index (χ3n) is 4.69. The molecular formula is C22H26N4O3. The molecule has 29 heavy (non-hydrogen) atoms. The summed E-state index contributed by atoms with van der Waals surface area (Å²) in [5.74, 6) is 1.43. The second kappa shape index (κ2) is 9.39. The minimum atomic E-state index is 0.0136. The number of aromatic nitrogens is 1. The van der Waals surface area contributed by atoms with Crippen LogP contribution in [-0.4, -0.2) is 42.0 Å². The van der Waals surface area contributed by atoms with Crippen LogP contribution in [0.5, 0.6) is 11.5 Å². The molecule has 2 aromatic rings. The molecule has 2 heterocycles. The van der Waals surface area contributed by atoms with Crippen LogP contribution in [0.15, 0.2) is 36.5 Å². The number of likely N-dealkylation sites (tertiary alicyclic amines) is 1. The SMILES string of the molecule is CNC(=O)C1CN(Cc2ccc(OCc3ccc(OC(C)C)c(C#N)c3)cn2)C1. The maximum atomic E-state index is 11.5. The number of amides is 1. The number of nitriles is 1. The topological polar surface area (TPSA) is 87.5 Å². The van der Waals surface area contributed by atoms with Gasteiger partial charge in [0, 0.05) is 26.7 Å². The van der Waals surface area contributed by atoms with Gasteiger partial charge in [-0.3, -0.25) is 14.7 Å². The first-order valence-corrected chi connectivity index (χ1v) is 9.70. The first kappa shape index (κ1) is 20.6. The fourth-order valence-corrected chi connectivity index (χ4v) is 3.17. The van der Waals surface area contributed by atoms with Crippen molar-refractivity contribution in [3.8, 4) is 17.6 Å². The number of hydrogen-bond donors (Lipinski definition) is 1. The quantitative estimate of drug-likeness (QED) is 0.740. The van der Waals surface area contributed by atoms with Gasteiger partial charge in [-0.05, 0) is 43.7 Å². The summed E-state index contributed by atoms with van der Waals surface area (Å²) in [6.45, 7) is 6.44. The van der Waals surface area contributed by atoms with Gasteiger partial charge in [0.1, 0.15) is 24.2 Å². The zero-order valence-corrected chi connectivity index (χ0v) is 17.0. The molecule has 1 aromatic carbocycles. The number of nitrogens with zero attached hydrogens (tertiary/aromatic N) is 3. The van der Waals surface area contributed by atoms with E-state index in [4.69, 9.17) is 9.47 Å². The average molecular weight is 394 g/mol. The van der Waals surface area contributed by atoms with Crippen LogP contribution in [0.4, 0.5) is 0 Å². The second-order valence-corrected chi connectivity index (χ2v) is 7.39. The molecule has 1 fully saturated rings. The largest absolute Gasteiger partial charge is 0.490 e. The Bertz CT molecular complexity index is 884. The van der Waals surface area contributed by atoms with Crippen molar-refractivity contribution in [1.82, 2.24) is 15.2 Å². The number of carbonyl (C=O) groups excluding carboxylic acids is 1. The van der Waals surface area contributed by atoms with Gasteiger partial charge in [0.05, 0.1) is 29.5 Å². The lowest BCUT2D eigenvalue weighted by atomic mass is 9.99. The van der Waals surface area contributed by atoms with Crippen molar-refractivity contribution in [1.29, 1.82) is 5.26 Å². The number of pyridine rings is 1. The van der Waals surface area contributed by atoms with E-state index in [0.29, 0.717) is 23.7 Å². The minimum Gasteiger partial charge on any atom is -0.490 e. The first-order valence-electron chi connectivity index (χ1n) is 9.70. The van der Waals surface area contributed by atoms with E-state index in [0.717, 1.165) is 30.9 Å². The maximum Gasteiger partial charge on any atom is 0.225 e. The third-order valence-corrected chi connectivity index (χ3v) is 4.69. The maximum absolute atomic E-state index is 11.5. The highest BCUT2D eigenvalue weighted by Crippen LogP contribution is 2.22. The average Bonchev–Trinajstić information content (AvgIpc) is 2.69. The molecule has 1 aliphatic heterocycles. The number of nitrogens with one attached hydrogen (secondary N) is 1. The molecule has 3 rings (SSSR count). The van der Waals surface area contributed by atoms with Gasteiger partial charge >= 0.3 is 0 Å². The highest BCUT2D eigenvalue weighted by molar-refractivity contribution is 5.79. The Morgan fingerprint density at radius 2 is 2.14 bits per heavy atom. The van der Waals surface area contributed by atoms with Crippen molar-refractivity contribution in [2.45, 2.75) is 33.1 Å². The highest BCUT2D eigenvalue weighted by Gasteiger charge is 2.31. The van der Waals surface area contributed by atoms with E-state index >= 15 is 0 Å². The van der Waals surface area contributed by atoms with E-state index in [9.17, 15) is 10.1 Å². The summed E-state index contributed by atoms with van der Waals surface area (Å²) < 4.78 is 11.4. The van der Waals surface area contributed by atoms with Crippen LogP contribution < -0.4 is 14.8 Å². The van der Waals surface area contributed by atoms with Crippen molar-refractivity contribution >= 4 is 5.91 Å². The van der Waals surface area contributed by atoms with Crippen molar-refractivity contribution < 1.29 is 14.3 Å². The summed E-state index contributed by atoms with van der Waals surface area (Å²) >= 11 is 0. The van der Waals surface area contributed by atoms with E-state index in [2.05, 4.69) is 21.3 Å². The molecule has 0 saturated carbocycles. The summed E-state index contributed by atoms with van der Waals surface area (Å²) in [6.07, 6.45) is 1.71. The smallest absolute Gasteiger partial charge is 0.225 e. The molecule has 0 unspecified atom stereocenters. The molecule has 7 nitrogen and oxygen atoms in total. The van der Waals surface area contributed by atoms with Crippen molar-refractivity contribution in [2.75, 3.05) is 20.1 Å². The van der Waals surface area contributed by atoms with Gasteiger partial charge in [0.25, 0.3) is 0 Å². The second-order valence-electron chi connectivity index (χ2n) is 7.39. The predicted molar refractivity (Wildman–Crippen MR) is 108 cm³/mol. The Hall–Kier alpha value is -3.11. The van der Waals surface area contributed by atoms with E-state index < -0.39 is 0 Å². The fraction of sp³-hybridized carbons (Fsp3) is 0.409. The summed E-state index contributed by atoms with van der Waals surface area (Å²) in [4.78, 5) is 18.2. The molecule has 0 atom stereocenters. The van der Waals surface area contributed by atoms with Crippen molar-refractivity contribution in [3.63, 3.8) is 0 Å². The summed E-state index contributed by atoms with van der Waals surface area (Å²) in [7, 11) is 1.67. The van der Waals surface area contributed by atoms with Gasteiger partial charge in [0.15, 0.2) is 0 Å². The fourth-order valence-electron chi connectivity index (χ4n) is 3.17. The van der Waals surface area contributed by atoms with Gasteiger partial charge in [-0.2, -0.15) is 5.26 Å². The first-order chi connectivity index (χ1) is 14.0. The molecule has 152 valence electrons. The third kappa shape index (κ3) is 5.46. The lowest BCUT2D eigenvalue weighted by Gasteiger charge is -2.37. The van der Waals surface area contributed by atoms with E-state index in [1.165, 1.54) is 0 Å². The summed E-state index contributed by atoms with van der Waals surface area (Å²) in [5.41, 5.74) is 2.33. The van der Waals surface area contributed by atoms with Gasteiger partial charge in [-0.1, -0.05) is 6.07 Å². The molecule has 0 spiro atoms. The van der Waals surface area contributed by atoms with E-state index in [1.807, 2.05) is 32.0 Å². The summed E-state index contributed by atoms with van der Waals surface area (Å²) in [6, 6.07) is 11.5. The number of rotatable bonds is 8. The molecule has 0 aliphatic carbocycles. The number of benzene rings is 1. The van der Waals surface area contributed by atoms with Crippen LogP contribution in [-0.2, 0) is 17.9 Å². The number of ether oxygens (including phenoxy) is 2. The standard InChI is InChI=1S/C22H26N4O3/c1-15(2)29-21-7-4-16(8-17(21)9-23)14-28-20-6-5-19(25-10-20)13-26-11-18(12-26)22(27)24-3/h4-8,10,15,18H,11-14H2,1-3H3,(H,24,27).